The number of Topliss-reactive ketones (excluding diaryl/α,β-unsaturated/α-hetero) is 1. The van der Waals surface area contributed by atoms with Gasteiger partial charge >= 0.3 is 11.8 Å². The largest absolute Gasteiger partial charge is 0.475 e. The molecule has 0 fully saturated rings. The smallest absolute Gasteiger partial charge is 0.380 e. The van der Waals surface area contributed by atoms with Crippen molar-refractivity contribution in [1.82, 2.24) is 15.2 Å². The fourth-order valence-corrected chi connectivity index (χ4v) is 0.416. The van der Waals surface area contributed by atoms with Crippen molar-refractivity contribution in [3.8, 4) is 0 Å². The van der Waals surface area contributed by atoms with Crippen LogP contribution in [0.4, 0.5) is 0 Å². The molecule has 0 unspecified atom stereocenters. The number of aromatic nitrogens is 3. The summed E-state index contributed by atoms with van der Waals surface area (Å²) < 4.78 is 0. The predicted molar refractivity (Wildman–Crippen MR) is 28.3 cm³/mol. The van der Waals surface area contributed by atoms with Crippen LogP contribution in [0.15, 0.2) is 6.33 Å². The maximum absolute atomic E-state index is 10.5. The van der Waals surface area contributed by atoms with Crippen molar-refractivity contribution >= 4 is 11.8 Å². The summed E-state index contributed by atoms with van der Waals surface area (Å²) in [6.45, 7) is 0. The summed E-state index contributed by atoms with van der Waals surface area (Å²) in [4.78, 5) is 23.8. The average molecular weight is 141 g/mol. The summed E-state index contributed by atoms with van der Waals surface area (Å²) in [6, 6.07) is 0. The highest BCUT2D eigenvalue weighted by Crippen LogP contribution is 1.86. The molecule has 10 heavy (non-hydrogen) atoms. The zero-order valence-corrected chi connectivity index (χ0v) is 4.74. The third-order valence-electron chi connectivity index (χ3n) is 0.824. The summed E-state index contributed by atoms with van der Waals surface area (Å²) in [5.41, 5.74) is 0. The molecule has 6 nitrogen and oxygen atoms in total. The van der Waals surface area contributed by atoms with E-state index in [-0.39, 0.29) is 5.82 Å². The van der Waals surface area contributed by atoms with E-state index in [1.54, 1.807) is 0 Å². The van der Waals surface area contributed by atoms with Gasteiger partial charge in [0.25, 0.3) is 0 Å². The number of carbonyl (C=O) groups excluding carboxylic acids is 1. The second-order valence-corrected chi connectivity index (χ2v) is 1.47. The monoisotopic (exact) mass is 141 g/mol. The number of aliphatic carboxylic acids is 1. The molecule has 0 spiro atoms. The topological polar surface area (TPSA) is 95.9 Å². The summed E-state index contributed by atoms with van der Waals surface area (Å²) in [5.74, 6) is -2.89. The molecule has 52 valence electrons. The van der Waals surface area contributed by atoms with Crippen molar-refractivity contribution < 1.29 is 14.7 Å². The maximum Gasteiger partial charge on any atom is 0.380 e. The highest BCUT2D eigenvalue weighted by Gasteiger charge is 2.16. The van der Waals surface area contributed by atoms with Gasteiger partial charge in [0.15, 0.2) is 0 Å². The zero-order chi connectivity index (χ0) is 7.56. The first-order valence-electron chi connectivity index (χ1n) is 2.35. The molecule has 0 aromatic carbocycles. The van der Waals surface area contributed by atoms with Crippen LogP contribution < -0.4 is 0 Å². The molecule has 0 radical (unpaired) electrons. The standard InChI is InChI=1S/C4H3N3O3/c8-2(4(9)10)3-5-1-6-7-3/h1H,(H,9,10)(H,5,6,7). The lowest BCUT2D eigenvalue weighted by atomic mass is 10.4. The third kappa shape index (κ3) is 0.993. The van der Waals surface area contributed by atoms with Gasteiger partial charge in [0, 0.05) is 0 Å². The molecule has 1 aromatic heterocycles. The zero-order valence-electron chi connectivity index (χ0n) is 4.74. The van der Waals surface area contributed by atoms with Gasteiger partial charge < -0.3 is 5.11 Å². The molecule has 6 heteroatoms. The van der Waals surface area contributed by atoms with Crippen LogP contribution >= 0.6 is 0 Å². The molecule has 1 rings (SSSR count). The molecule has 0 saturated heterocycles. The van der Waals surface area contributed by atoms with Crippen molar-refractivity contribution in [3.05, 3.63) is 12.2 Å². The summed E-state index contributed by atoms with van der Waals surface area (Å²) in [7, 11) is 0. The SMILES string of the molecule is O=C(O)C(=O)c1ncn[nH]1. The van der Waals surface area contributed by atoms with E-state index in [0.29, 0.717) is 0 Å². The lowest BCUT2D eigenvalue weighted by molar-refractivity contribution is -0.131. The summed E-state index contributed by atoms with van der Waals surface area (Å²) >= 11 is 0. The Balaban J connectivity index is 2.88. The van der Waals surface area contributed by atoms with Crippen LogP contribution in [0.3, 0.4) is 0 Å². The van der Waals surface area contributed by atoms with Crippen molar-refractivity contribution in [2.24, 2.45) is 0 Å². The molecule has 0 aliphatic rings. The Morgan fingerprint density at radius 2 is 2.30 bits per heavy atom. The number of carboxylic acid groups (broad SMARTS) is 1. The molecular formula is C4H3N3O3. The lowest BCUT2D eigenvalue weighted by Crippen LogP contribution is -2.14. The molecule has 1 aromatic rings. The molecule has 0 bridgehead atoms. The van der Waals surface area contributed by atoms with E-state index in [9.17, 15) is 9.59 Å². The van der Waals surface area contributed by atoms with Gasteiger partial charge in [0.1, 0.15) is 6.33 Å². The first-order chi connectivity index (χ1) is 4.72. The number of aromatic amines is 1. The van der Waals surface area contributed by atoms with E-state index in [0.717, 1.165) is 6.33 Å². The van der Waals surface area contributed by atoms with Gasteiger partial charge in [-0.2, -0.15) is 5.10 Å². The Labute approximate surface area is 54.9 Å². The lowest BCUT2D eigenvalue weighted by Gasteiger charge is -1.83. The summed E-state index contributed by atoms with van der Waals surface area (Å²) in [5, 5.41) is 13.5. The molecular weight excluding hydrogens is 138 g/mol. The molecule has 0 saturated carbocycles. The van der Waals surface area contributed by atoms with Crippen LogP contribution in [0.2, 0.25) is 0 Å². The molecule has 0 amide bonds. The Bertz CT molecular complexity index is 253. The average Bonchev–Trinajstić information content (AvgIpc) is 2.36. The first kappa shape index (κ1) is 6.40. The third-order valence-corrected chi connectivity index (χ3v) is 0.824. The molecule has 1 heterocycles. The second-order valence-electron chi connectivity index (χ2n) is 1.47. The highest BCUT2D eigenvalue weighted by atomic mass is 16.4. The van der Waals surface area contributed by atoms with Gasteiger partial charge in [-0.3, -0.25) is 9.89 Å². The van der Waals surface area contributed by atoms with E-state index in [4.69, 9.17) is 5.11 Å². The number of carboxylic acids is 1. The van der Waals surface area contributed by atoms with E-state index in [2.05, 4.69) is 15.2 Å². The molecule has 0 aliphatic carbocycles. The van der Waals surface area contributed by atoms with Crippen LogP contribution in [0.1, 0.15) is 10.6 Å². The molecule has 0 aliphatic heterocycles. The minimum absolute atomic E-state index is 0.257. The van der Waals surface area contributed by atoms with Gasteiger partial charge in [-0.25, -0.2) is 9.78 Å². The quantitative estimate of drug-likeness (QED) is 0.409. The van der Waals surface area contributed by atoms with E-state index in [1.165, 1.54) is 0 Å². The Kier molecular flexibility index (Phi) is 1.44. The predicted octanol–water partition coefficient (Wildman–Crippen LogP) is -0.928. The number of nitrogens with zero attached hydrogens (tertiary/aromatic N) is 2. The first-order valence-corrected chi connectivity index (χ1v) is 2.35. The van der Waals surface area contributed by atoms with Crippen LogP contribution in [0, 0.1) is 0 Å². The Morgan fingerprint density at radius 3 is 2.70 bits per heavy atom. The number of H-pyrrole nitrogens is 1. The summed E-state index contributed by atoms with van der Waals surface area (Å²) in [6.07, 6.45) is 1.07. The number of hydrogen-bond donors (Lipinski definition) is 2. The van der Waals surface area contributed by atoms with Crippen LogP contribution in [-0.4, -0.2) is 32.0 Å². The Morgan fingerprint density at radius 1 is 1.60 bits per heavy atom. The van der Waals surface area contributed by atoms with Gasteiger partial charge in [-0.1, -0.05) is 0 Å². The normalized spacial score (nSPS) is 9.20. The minimum Gasteiger partial charge on any atom is -0.475 e. The van der Waals surface area contributed by atoms with Gasteiger partial charge in [-0.15, -0.1) is 0 Å². The van der Waals surface area contributed by atoms with Crippen molar-refractivity contribution in [2.75, 3.05) is 0 Å². The van der Waals surface area contributed by atoms with Crippen LogP contribution in [0.5, 0.6) is 0 Å². The number of ketones is 1. The van der Waals surface area contributed by atoms with Crippen LogP contribution in [0.25, 0.3) is 0 Å². The Hall–Kier alpha value is -1.72. The van der Waals surface area contributed by atoms with Crippen molar-refractivity contribution in [3.63, 3.8) is 0 Å². The second kappa shape index (κ2) is 2.26. The number of hydrogen-bond acceptors (Lipinski definition) is 4. The van der Waals surface area contributed by atoms with E-state index >= 15 is 0 Å². The van der Waals surface area contributed by atoms with Crippen molar-refractivity contribution in [1.29, 1.82) is 0 Å². The maximum atomic E-state index is 10.5. The fourth-order valence-electron chi connectivity index (χ4n) is 0.416. The highest BCUT2D eigenvalue weighted by molar-refractivity contribution is 6.38. The van der Waals surface area contributed by atoms with Gasteiger partial charge in [0.05, 0.1) is 0 Å². The fraction of sp³-hybridized carbons (Fsp3) is 0. The van der Waals surface area contributed by atoms with Crippen molar-refractivity contribution in [2.45, 2.75) is 0 Å². The number of nitrogens with one attached hydrogen (secondary N) is 1. The molecule has 2 N–H and O–H groups in total. The molecule has 0 atom stereocenters. The number of rotatable bonds is 2. The van der Waals surface area contributed by atoms with Gasteiger partial charge in [-0.05, 0) is 0 Å². The van der Waals surface area contributed by atoms with Gasteiger partial charge in [0.2, 0.25) is 5.82 Å². The van der Waals surface area contributed by atoms with E-state index in [1.807, 2.05) is 0 Å². The number of carbonyl (C=O) groups is 2. The minimum atomic E-state index is -1.54. The van der Waals surface area contributed by atoms with E-state index < -0.39 is 11.8 Å². The van der Waals surface area contributed by atoms with Crippen LogP contribution in [-0.2, 0) is 4.79 Å².